The van der Waals surface area contributed by atoms with E-state index in [1.54, 1.807) is 6.92 Å². The number of carboxylic acids is 2. The molecule has 0 unspecified atom stereocenters. The van der Waals surface area contributed by atoms with Crippen LogP contribution in [0.4, 0.5) is 9.59 Å². The van der Waals surface area contributed by atoms with Crippen molar-refractivity contribution in [1.82, 2.24) is 15.5 Å². The molecule has 2 aromatic rings. The van der Waals surface area contributed by atoms with Crippen LogP contribution in [0.25, 0.3) is 0 Å². The number of benzene rings is 2. The summed E-state index contributed by atoms with van der Waals surface area (Å²) in [7, 11) is 0. The normalized spacial score (nSPS) is 14.4. The Hall–Kier alpha value is -4.79. The predicted octanol–water partition coefficient (Wildman–Crippen LogP) is 3.06. The maximum absolute atomic E-state index is 12.1. The Labute approximate surface area is 268 Å². The average Bonchev–Trinajstić information content (AvgIpc) is 3.41. The first-order chi connectivity index (χ1) is 20.9. The molecule has 1 aliphatic rings. The lowest BCUT2D eigenvalue weighted by Gasteiger charge is -2.31. The van der Waals surface area contributed by atoms with E-state index in [4.69, 9.17) is 14.6 Å². The molecule has 14 nitrogen and oxygen atoms in total. The first-order valence-corrected chi connectivity index (χ1v) is 13.7. The van der Waals surface area contributed by atoms with E-state index in [-0.39, 0.29) is 39.2 Å². The van der Waals surface area contributed by atoms with Crippen molar-refractivity contribution in [3.05, 3.63) is 71.8 Å². The maximum atomic E-state index is 12.1. The van der Waals surface area contributed by atoms with E-state index in [2.05, 4.69) is 15.4 Å². The maximum Gasteiger partial charge on any atom is 0.407 e. The number of ether oxygens (including phenoxy) is 3. The molecule has 0 aromatic heterocycles. The van der Waals surface area contributed by atoms with Gasteiger partial charge in [0.25, 0.3) is 0 Å². The van der Waals surface area contributed by atoms with E-state index >= 15 is 0 Å². The number of alkyl carbamates (subject to hydrolysis) is 2. The highest BCUT2D eigenvalue weighted by atomic mass is 32.1. The monoisotopic (exact) mass is 651 g/mol. The number of nitrogens with zero attached hydrogens (tertiary/aromatic N) is 1. The second-order valence-electron chi connectivity index (χ2n) is 9.38. The lowest BCUT2D eigenvalue weighted by Crippen LogP contribution is -2.53. The molecule has 1 fully saturated rings. The lowest BCUT2D eigenvalue weighted by molar-refractivity contribution is -0.154. The number of hydrogen-bond acceptors (Lipinski definition) is 9. The van der Waals surface area contributed by atoms with Crippen LogP contribution >= 0.6 is 13.5 Å². The summed E-state index contributed by atoms with van der Waals surface area (Å²) in [5.74, 6) is -2.77. The number of carbonyl (C=O) groups excluding carboxylic acids is 4. The topological polar surface area (TPSA) is 198 Å². The van der Waals surface area contributed by atoms with Gasteiger partial charge in [-0.2, -0.15) is 13.5 Å². The van der Waals surface area contributed by atoms with E-state index in [9.17, 15) is 33.9 Å². The van der Waals surface area contributed by atoms with Gasteiger partial charge in [-0.15, -0.1) is 0 Å². The van der Waals surface area contributed by atoms with Crippen LogP contribution < -0.4 is 10.6 Å². The first kappa shape index (κ1) is 40.2. The number of likely N-dealkylation sites (tertiary alicyclic amines) is 1. The summed E-state index contributed by atoms with van der Waals surface area (Å²) < 4.78 is 14.2. The lowest BCUT2D eigenvalue weighted by atomic mass is 9.99. The van der Waals surface area contributed by atoms with Crippen molar-refractivity contribution < 1.29 is 53.2 Å². The highest BCUT2D eigenvalue weighted by Gasteiger charge is 2.45. The molecular formula is C30H41N3O11S. The van der Waals surface area contributed by atoms with Crippen LogP contribution in [0.2, 0.25) is 0 Å². The quantitative estimate of drug-likeness (QED) is 0.218. The first-order valence-electron chi connectivity index (χ1n) is 13.7. The molecule has 0 radical (unpaired) electrons. The summed E-state index contributed by atoms with van der Waals surface area (Å²) in [6, 6.07) is 18.3. The molecule has 2 aromatic carbocycles. The van der Waals surface area contributed by atoms with Crippen LogP contribution in [0.5, 0.6) is 0 Å². The summed E-state index contributed by atoms with van der Waals surface area (Å²) in [5, 5.41) is 22.0. The Morgan fingerprint density at radius 3 is 1.64 bits per heavy atom. The fourth-order valence-corrected chi connectivity index (χ4v) is 3.73. The minimum Gasteiger partial charge on any atom is -0.480 e. The minimum absolute atomic E-state index is 0. The van der Waals surface area contributed by atoms with Crippen molar-refractivity contribution in [1.29, 1.82) is 0 Å². The Morgan fingerprint density at radius 1 is 0.800 bits per heavy atom. The van der Waals surface area contributed by atoms with Gasteiger partial charge in [0.15, 0.2) is 0 Å². The van der Waals surface area contributed by atoms with Gasteiger partial charge in [0, 0.05) is 13.5 Å². The van der Waals surface area contributed by atoms with Crippen molar-refractivity contribution in [2.45, 2.75) is 52.4 Å². The Kier molecular flexibility index (Phi) is 19.5. The summed E-state index contributed by atoms with van der Waals surface area (Å²) >= 11 is 0. The molecule has 248 valence electrons. The van der Waals surface area contributed by atoms with Gasteiger partial charge in [0.1, 0.15) is 31.8 Å². The van der Waals surface area contributed by atoms with E-state index in [0.717, 1.165) is 11.1 Å². The number of carboxylic acid groups (broad SMARTS) is 2. The number of aliphatic carboxylic acids is 2. The van der Waals surface area contributed by atoms with Gasteiger partial charge < -0.3 is 40.0 Å². The third kappa shape index (κ3) is 16.6. The molecule has 1 aliphatic heterocycles. The predicted molar refractivity (Wildman–Crippen MR) is 167 cm³/mol. The molecule has 0 bridgehead atoms. The van der Waals surface area contributed by atoms with Crippen molar-refractivity contribution in [3.8, 4) is 0 Å². The Morgan fingerprint density at radius 2 is 1.27 bits per heavy atom. The van der Waals surface area contributed by atoms with Crippen molar-refractivity contribution in [3.63, 3.8) is 0 Å². The number of rotatable bonds is 10. The summed E-state index contributed by atoms with van der Waals surface area (Å²) in [5.41, 5.74) is 0.488. The molecule has 0 spiro atoms. The smallest absolute Gasteiger partial charge is 0.407 e. The average molecular weight is 652 g/mol. The molecule has 1 atom stereocenters. The van der Waals surface area contributed by atoms with Gasteiger partial charge in [-0.05, 0) is 37.8 Å². The van der Waals surface area contributed by atoms with E-state index in [1.807, 2.05) is 60.7 Å². The minimum atomic E-state index is -1.20. The zero-order valence-corrected chi connectivity index (χ0v) is 26.4. The highest BCUT2D eigenvalue weighted by molar-refractivity contribution is 7.59. The summed E-state index contributed by atoms with van der Waals surface area (Å²) in [6.07, 6.45) is -0.404. The van der Waals surface area contributed by atoms with Crippen LogP contribution in [0.3, 0.4) is 0 Å². The summed E-state index contributed by atoms with van der Waals surface area (Å²) in [6.45, 7) is 5.07. The number of nitrogens with one attached hydrogen (secondary N) is 2. The standard InChI is InChI=1S/C16H20N2O5.C10H11NO4.C4H8O2.H2S/c1-16(14(20)21)8-5-9-18(16)13(19)10-17-15(22)23-11-12-6-3-2-4-7-12;12-9(13)6-11-10(14)15-7-8-4-2-1-3-5-8;1-3-6-4(2)5;/h2-4,6-7H,5,8-11H2,1H3,(H,17,22)(H,20,21);1-5H,6-7H2,(H,11,14)(H,12,13);3H2,1-2H3;1H2/t16-;;;/m0.../s1. The third-order valence-corrected chi connectivity index (χ3v) is 5.94. The molecule has 45 heavy (non-hydrogen) atoms. The Balaban J connectivity index is 0.000000756. The van der Waals surface area contributed by atoms with Crippen LogP contribution in [-0.2, 0) is 46.6 Å². The molecule has 0 aliphatic carbocycles. The van der Waals surface area contributed by atoms with Gasteiger partial charge in [-0.3, -0.25) is 14.4 Å². The number of amides is 3. The van der Waals surface area contributed by atoms with Crippen molar-refractivity contribution in [2.75, 3.05) is 26.2 Å². The zero-order valence-electron chi connectivity index (χ0n) is 25.4. The van der Waals surface area contributed by atoms with Gasteiger partial charge in [0.2, 0.25) is 5.91 Å². The van der Waals surface area contributed by atoms with Gasteiger partial charge in [-0.1, -0.05) is 60.7 Å². The molecule has 0 saturated carbocycles. The molecular weight excluding hydrogens is 610 g/mol. The molecule has 15 heteroatoms. The van der Waals surface area contributed by atoms with Crippen molar-refractivity contribution >= 4 is 49.5 Å². The van der Waals surface area contributed by atoms with Crippen LogP contribution in [0.15, 0.2) is 60.7 Å². The highest BCUT2D eigenvalue weighted by Crippen LogP contribution is 2.29. The van der Waals surface area contributed by atoms with Gasteiger partial charge in [0.05, 0.1) is 6.61 Å². The SMILES string of the molecule is CCOC(C)=O.C[C@@]1(C(=O)O)CCCN1C(=O)CNC(=O)OCc1ccccc1.O=C(O)CNC(=O)OCc1ccccc1.S. The van der Waals surface area contributed by atoms with Gasteiger partial charge >= 0.3 is 30.1 Å². The van der Waals surface area contributed by atoms with Crippen LogP contribution in [-0.4, -0.2) is 82.9 Å². The second-order valence-corrected chi connectivity index (χ2v) is 9.38. The fourth-order valence-electron chi connectivity index (χ4n) is 3.73. The third-order valence-electron chi connectivity index (χ3n) is 5.94. The molecule has 4 N–H and O–H groups in total. The van der Waals surface area contributed by atoms with E-state index < -0.39 is 42.1 Å². The molecule has 1 saturated heterocycles. The van der Waals surface area contributed by atoms with Crippen LogP contribution in [0, 0.1) is 0 Å². The number of hydrogen-bond donors (Lipinski definition) is 4. The van der Waals surface area contributed by atoms with Gasteiger partial charge in [-0.25, -0.2) is 14.4 Å². The largest absolute Gasteiger partial charge is 0.480 e. The van der Waals surface area contributed by atoms with E-state index in [1.165, 1.54) is 18.7 Å². The number of carbonyl (C=O) groups is 6. The fraction of sp³-hybridized carbons (Fsp3) is 0.400. The Bertz CT molecular complexity index is 1230. The zero-order chi connectivity index (χ0) is 33.0. The molecule has 1 heterocycles. The molecule has 3 amide bonds. The molecule has 3 rings (SSSR count). The van der Waals surface area contributed by atoms with Crippen LogP contribution in [0.1, 0.15) is 44.7 Å². The summed E-state index contributed by atoms with van der Waals surface area (Å²) in [4.78, 5) is 67.2. The van der Waals surface area contributed by atoms with E-state index in [0.29, 0.717) is 26.0 Å². The van der Waals surface area contributed by atoms with Crippen molar-refractivity contribution in [2.24, 2.45) is 0 Å². The second kappa shape index (κ2) is 21.8. The number of esters is 1.